The minimum Gasteiger partial charge on any atom is -0.493 e. The number of hydrogen-bond donors (Lipinski definition) is 2. The fourth-order valence-electron chi connectivity index (χ4n) is 1.82. The predicted molar refractivity (Wildman–Crippen MR) is 83.3 cm³/mol. The average molecular weight is 285 g/mol. The van der Waals surface area contributed by atoms with Gasteiger partial charge in [-0.25, -0.2) is 4.98 Å². The SMILES string of the molecule is Cc1ccc(C)c(OCCC(=O)Nc2ccc(N)nc2)c1. The number of pyridine rings is 1. The Bertz CT molecular complexity index is 624. The van der Waals surface area contributed by atoms with Crippen molar-refractivity contribution in [2.24, 2.45) is 0 Å². The Balaban J connectivity index is 1.81. The van der Waals surface area contributed by atoms with Crippen molar-refractivity contribution >= 4 is 17.4 Å². The third-order valence-corrected chi connectivity index (χ3v) is 3.00. The fraction of sp³-hybridized carbons (Fsp3) is 0.250. The van der Waals surface area contributed by atoms with Crippen LogP contribution in [0.3, 0.4) is 0 Å². The molecule has 3 N–H and O–H groups in total. The van der Waals surface area contributed by atoms with Gasteiger partial charge in [0.1, 0.15) is 11.6 Å². The maximum atomic E-state index is 11.8. The second kappa shape index (κ2) is 6.74. The van der Waals surface area contributed by atoms with Crippen molar-refractivity contribution in [3.8, 4) is 5.75 Å². The molecular weight excluding hydrogens is 266 g/mol. The molecule has 0 aliphatic heterocycles. The first-order chi connectivity index (χ1) is 10.0. The Morgan fingerprint density at radius 1 is 1.29 bits per heavy atom. The van der Waals surface area contributed by atoms with Crippen LogP contribution in [0.1, 0.15) is 17.5 Å². The lowest BCUT2D eigenvalue weighted by molar-refractivity contribution is -0.116. The topological polar surface area (TPSA) is 77.2 Å². The third-order valence-electron chi connectivity index (χ3n) is 3.00. The molecule has 1 aromatic carbocycles. The highest BCUT2D eigenvalue weighted by molar-refractivity contribution is 5.90. The van der Waals surface area contributed by atoms with Gasteiger partial charge in [-0.05, 0) is 43.2 Å². The zero-order chi connectivity index (χ0) is 15.2. The number of nitrogens with two attached hydrogens (primary N) is 1. The van der Waals surface area contributed by atoms with E-state index in [1.54, 1.807) is 12.1 Å². The molecule has 0 atom stereocenters. The molecule has 1 aromatic heterocycles. The van der Waals surface area contributed by atoms with Crippen molar-refractivity contribution in [3.05, 3.63) is 47.7 Å². The largest absolute Gasteiger partial charge is 0.493 e. The average Bonchev–Trinajstić information content (AvgIpc) is 2.45. The maximum Gasteiger partial charge on any atom is 0.227 e. The summed E-state index contributed by atoms with van der Waals surface area (Å²) in [5.74, 6) is 1.12. The van der Waals surface area contributed by atoms with Crippen LogP contribution in [0.15, 0.2) is 36.5 Å². The summed E-state index contributed by atoms with van der Waals surface area (Å²) >= 11 is 0. The molecule has 1 heterocycles. The maximum absolute atomic E-state index is 11.8. The van der Waals surface area contributed by atoms with Gasteiger partial charge in [-0.1, -0.05) is 12.1 Å². The van der Waals surface area contributed by atoms with E-state index >= 15 is 0 Å². The zero-order valence-corrected chi connectivity index (χ0v) is 12.2. The molecule has 0 saturated carbocycles. The third kappa shape index (κ3) is 4.49. The number of aryl methyl sites for hydroxylation is 2. The van der Waals surface area contributed by atoms with Gasteiger partial charge in [0, 0.05) is 0 Å². The molecule has 21 heavy (non-hydrogen) atoms. The smallest absolute Gasteiger partial charge is 0.227 e. The van der Waals surface area contributed by atoms with Crippen LogP contribution in [0, 0.1) is 13.8 Å². The van der Waals surface area contributed by atoms with Crippen LogP contribution in [0.2, 0.25) is 0 Å². The quantitative estimate of drug-likeness (QED) is 0.885. The van der Waals surface area contributed by atoms with E-state index in [1.165, 1.54) is 6.20 Å². The molecule has 2 aromatic rings. The van der Waals surface area contributed by atoms with Crippen LogP contribution in [0.4, 0.5) is 11.5 Å². The Morgan fingerprint density at radius 3 is 2.81 bits per heavy atom. The van der Waals surface area contributed by atoms with E-state index in [0.717, 1.165) is 16.9 Å². The first-order valence-corrected chi connectivity index (χ1v) is 6.76. The van der Waals surface area contributed by atoms with Gasteiger partial charge in [0.2, 0.25) is 5.91 Å². The number of aromatic nitrogens is 1. The highest BCUT2D eigenvalue weighted by Crippen LogP contribution is 2.19. The van der Waals surface area contributed by atoms with E-state index in [0.29, 0.717) is 18.1 Å². The monoisotopic (exact) mass is 285 g/mol. The molecule has 0 unspecified atom stereocenters. The second-order valence-corrected chi connectivity index (χ2v) is 4.89. The zero-order valence-electron chi connectivity index (χ0n) is 12.2. The van der Waals surface area contributed by atoms with Crippen LogP contribution < -0.4 is 15.8 Å². The Labute approximate surface area is 124 Å². The van der Waals surface area contributed by atoms with E-state index in [4.69, 9.17) is 10.5 Å². The van der Waals surface area contributed by atoms with Crippen LogP contribution in [0.5, 0.6) is 5.75 Å². The molecule has 0 bridgehead atoms. The van der Waals surface area contributed by atoms with Crippen molar-refractivity contribution in [3.63, 3.8) is 0 Å². The number of ether oxygens (including phenoxy) is 1. The number of hydrogen-bond acceptors (Lipinski definition) is 4. The highest BCUT2D eigenvalue weighted by atomic mass is 16.5. The lowest BCUT2D eigenvalue weighted by atomic mass is 10.1. The molecule has 5 heteroatoms. The van der Waals surface area contributed by atoms with E-state index in [2.05, 4.69) is 10.3 Å². The standard InChI is InChI=1S/C16H19N3O2/c1-11-3-4-12(2)14(9-11)21-8-7-16(20)19-13-5-6-15(17)18-10-13/h3-6,9-10H,7-8H2,1-2H3,(H2,17,18)(H,19,20). The summed E-state index contributed by atoms with van der Waals surface area (Å²) in [6, 6.07) is 9.36. The molecule has 0 aliphatic rings. The number of carbonyl (C=O) groups excluding carboxylic acids is 1. The van der Waals surface area contributed by atoms with Crippen LogP contribution >= 0.6 is 0 Å². The van der Waals surface area contributed by atoms with Crippen LogP contribution in [-0.4, -0.2) is 17.5 Å². The minimum absolute atomic E-state index is 0.119. The molecule has 1 amide bonds. The summed E-state index contributed by atoms with van der Waals surface area (Å²) in [7, 11) is 0. The molecule has 110 valence electrons. The Kier molecular flexibility index (Phi) is 4.77. The molecule has 2 rings (SSSR count). The summed E-state index contributed by atoms with van der Waals surface area (Å²) in [5.41, 5.74) is 8.30. The van der Waals surface area contributed by atoms with Gasteiger partial charge in [-0.3, -0.25) is 4.79 Å². The van der Waals surface area contributed by atoms with Gasteiger partial charge in [-0.2, -0.15) is 0 Å². The molecule has 0 radical (unpaired) electrons. The summed E-state index contributed by atoms with van der Waals surface area (Å²) in [5, 5.41) is 2.74. The van der Waals surface area contributed by atoms with Crippen LogP contribution in [0.25, 0.3) is 0 Å². The van der Waals surface area contributed by atoms with Crippen molar-refractivity contribution < 1.29 is 9.53 Å². The molecule has 0 spiro atoms. The lowest BCUT2D eigenvalue weighted by Gasteiger charge is -2.10. The fourth-order valence-corrected chi connectivity index (χ4v) is 1.82. The summed E-state index contributed by atoms with van der Waals surface area (Å²) in [6.07, 6.45) is 1.80. The van der Waals surface area contributed by atoms with Gasteiger partial charge in [0.25, 0.3) is 0 Å². The minimum atomic E-state index is -0.119. The molecule has 0 aliphatic carbocycles. The van der Waals surface area contributed by atoms with Gasteiger partial charge in [-0.15, -0.1) is 0 Å². The van der Waals surface area contributed by atoms with Crippen LogP contribution in [-0.2, 0) is 4.79 Å². The van der Waals surface area contributed by atoms with Crippen molar-refractivity contribution in [2.75, 3.05) is 17.7 Å². The number of amides is 1. The normalized spacial score (nSPS) is 10.2. The number of benzene rings is 1. The van der Waals surface area contributed by atoms with E-state index < -0.39 is 0 Å². The molecular formula is C16H19N3O2. The summed E-state index contributed by atoms with van der Waals surface area (Å²) in [6.45, 7) is 4.32. The van der Waals surface area contributed by atoms with Gasteiger partial charge < -0.3 is 15.8 Å². The van der Waals surface area contributed by atoms with E-state index in [9.17, 15) is 4.79 Å². The highest BCUT2D eigenvalue weighted by Gasteiger charge is 2.05. The molecule has 0 saturated heterocycles. The number of nitrogens with zero attached hydrogens (tertiary/aromatic N) is 1. The van der Waals surface area contributed by atoms with Crippen molar-refractivity contribution in [1.29, 1.82) is 0 Å². The predicted octanol–water partition coefficient (Wildman–Crippen LogP) is 2.69. The number of rotatable bonds is 5. The Hall–Kier alpha value is -2.56. The van der Waals surface area contributed by atoms with Crippen molar-refractivity contribution in [2.45, 2.75) is 20.3 Å². The number of nitrogens with one attached hydrogen (secondary N) is 1. The Morgan fingerprint density at radius 2 is 2.10 bits per heavy atom. The number of carbonyl (C=O) groups is 1. The van der Waals surface area contributed by atoms with Gasteiger partial charge in [0.05, 0.1) is 24.9 Å². The lowest BCUT2D eigenvalue weighted by Crippen LogP contribution is -2.15. The first-order valence-electron chi connectivity index (χ1n) is 6.76. The van der Waals surface area contributed by atoms with Crippen molar-refractivity contribution in [1.82, 2.24) is 4.98 Å². The van der Waals surface area contributed by atoms with Gasteiger partial charge >= 0.3 is 0 Å². The summed E-state index contributed by atoms with van der Waals surface area (Å²) in [4.78, 5) is 15.7. The first kappa shape index (κ1) is 14.8. The van der Waals surface area contributed by atoms with Gasteiger partial charge in [0.15, 0.2) is 0 Å². The molecule has 5 nitrogen and oxygen atoms in total. The van der Waals surface area contributed by atoms with E-state index in [-0.39, 0.29) is 12.3 Å². The number of nitrogen functional groups attached to an aromatic ring is 1. The number of anilines is 2. The molecule has 0 fully saturated rings. The summed E-state index contributed by atoms with van der Waals surface area (Å²) < 4.78 is 5.65. The second-order valence-electron chi connectivity index (χ2n) is 4.89. The van der Waals surface area contributed by atoms with E-state index in [1.807, 2.05) is 32.0 Å².